The van der Waals surface area contributed by atoms with Gasteiger partial charge in [-0.05, 0) is 49.6 Å². The zero-order valence-corrected chi connectivity index (χ0v) is 18.2. The van der Waals surface area contributed by atoms with Gasteiger partial charge in [0.15, 0.2) is 0 Å². The third-order valence-electron chi connectivity index (χ3n) is 5.83. The summed E-state index contributed by atoms with van der Waals surface area (Å²) in [6.07, 6.45) is 3.77. The van der Waals surface area contributed by atoms with E-state index in [0.717, 1.165) is 29.0 Å². The molecule has 0 radical (unpaired) electrons. The van der Waals surface area contributed by atoms with E-state index in [1.165, 1.54) is 18.4 Å². The molecule has 2 aromatic carbocycles. The molecule has 2 heterocycles. The number of amides is 1. The number of anilines is 1. The Balaban J connectivity index is 1.59. The van der Waals surface area contributed by atoms with Gasteiger partial charge in [0.25, 0.3) is 0 Å². The molecule has 1 saturated heterocycles. The summed E-state index contributed by atoms with van der Waals surface area (Å²) in [4.78, 5) is 31.7. The maximum absolute atomic E-state index is 12.9. The summed E-state index contributed by atoms with van der Waals surface area (Å²) < 4.78 is 7.07. The van der Waals surface area contributed by atoms with Gasteiger partial charge in [-0.15, -0.1) is 0 Å². The zero-order valence-electron chi connectivity index (χ0n) is 18.2. The van der Waals surface area contributed by atoms with Crippen molar-refractivity contribution in [3.05, 3.63) is 59.9 Å². The first-order valence-electron chi connectivity index (χ1n) is 11.1. The third kappa shape index (κ3) is 4.48. The van der Waals surface area contributed by atoms with Gasteiger partial charge >= 0.3 is 5.97 Å². The molecule has 1 aliphatic heterocycles. The van der Waals surface area contributed by atoms with Crippen molar-refractivity contribution >= 4 is 28.6 Å². The first-order valence-corrected chi connectivity index (χ1v) is 11.1. The highest BCUT2D eigenvalue weighted by Gasteiger charge is 2.35. The minimum absolute atomic E-state index is 0.0749. The van der Waals surface area contributed by atoms with E-state index in [-0.39, 0.29) is 24.3 Å². The Bertz CT molecular complexity index is 1070. The predicted octanol–water partition coefficient (Wildman–Crippen LogP) is 4.46. The van der Waals surface area contributed by atoms with Crippen LogP contribution in [-0.4, -0.2) is 34.6 Å². The number of rotatable bonds is 8. The Kier molecular flexibility index (Phi) is 6.35. The third-order valence-corrected chi connectivity index (χ3v) is 5.83. The van der Waals surface area contributed by atoms with Gasteiger partial charge in [0.1, 0.15) is 12.4 Å². The molecule has 0 unspecified atom stereocenters. The Morgan fingerprint density at radius 3 is 2.65 bits per heavy atom. The largest absolute Gasteiger partial charge is 0.465 e. The molecular formula is C25H29N3O3. The molecule has 0 spiro atoms. The van der Waals surface area contributed by atoms with Crippen LogP contribution < -0.4 is 4.90 Å². The van der Waals surface area contributed by atoms with E-state index >= 15 is 0 Å². The SMILES string of the molecule is CCCCc1ccc(N2C[C@H](c3nc4ccccc4n3CC(=O)OCC)CC2=O)cc1. The van der Waals surface area contributed by atoms with E-state index in [0.29, 0.717) is 19.6 Å². The molecule has 0 aliphatic carbocycles. The van der Waals surface area contributed by atoms with Crippen molar-refractivity contribution in [2.45, 2.75) is 52.0 Å². The van der Waals surface area contributed by atoms with Crippen LogP contribution in [0, 0.1) is 0 Å². The minimum atomic E-state index is -0.296. The number of esters is 1. The van der Waals surface area contributed by atoms with Gasteiger partial charge in [0.2, 0.25) is 5.91 Å². The summed E-state index contributed by atoms with van der Waals surface area (Å²) in [7, 11) is 0. The van der Waals surface area contributed by atoms with E-state index < -0.39 is 0 Å². The van der Waals surface area contributed by atoms with Crippen molar-refractivity contribution in [3.63, 3.8) is 0 Å². The lowest BCUT2D eigenvalue weighted by Gasteiger charge is -2.18. The van der Waals surface area contributed by atoms with Crippen LogP contribution in [0.25, 0.3) is 11.0 Å². The van der Waals surface area contributed by atoms with Gasteiger partial charge in [-0.2, -0.15) is 0 Å². The summed E-state index contributed by atoms with van der Waals surface area (Å²) in [6, 6.07) is 16.0. The Hall–Kier alpha value is -3.15. The molecule has 0 N–H and O–H groups in total. The number of para-hydroxylation sites is 2. The van der Waals surface area contributed by atoms with E-state index in [2.05, 4.69) is 19.1 Å². The first-order chi connectivity index (χ1) is 15.1. The molecule has 0 bridgehead atoms. The van der Waals surface area contributed by atoms with Crippen molar-refractivity contribution in [1.29, 1.82) is 0 Å². The summed E-state index contributed by atoms with van der Waals surface area (Å²) in [5.74, 6) is 0.482. The van der Waals surface area contributed by atoms with Crippen molar-refractivity contribution in [2.75, 3.05) is 18.1 Å². The average molecular weight is 420 g/mol. The summed E-state index contributed by atoms with van der Waals surface area (Å²) in [6.45, 7) is 4.98. The lowest BCUT2D eigenvalue weighted by molar-refractivity contribution is -0.143. The molecule has 1 aromatic heterocycles. The summed E-state index contributed by atoms with van der Waals surface area (Å²) in [5.41, 5.74) is 3.93. The van der Waals surface area contributed by atoms with E-state index in [4.69, 9.17) is 9.72 Å². The molecule has 162 valence electrons. The lowest BCUT2D eigenvalue weighted by Crippen LogP contribution is -2.24. The molecule has 6 heteroatoms. The van der Waals surface area contributed by atoms with Crippen molar-refractivity contribution in [1.82, 2.24) is 9.55 Å². The fourth-order valence-electron chi connectivity index (χ4n) is 4.26. The van der Waals surface area contributed by atoms with Crippen molar-refractivity contribution in [2.24, 2.45) is 0 Å². The van der Waals surface area contributed by atoms with E-state index in [1.807, 2.05) is 45.9 Å². The van der Waals surface area contributed by atoms with Crippen LogP contribution in [0.15, 0.2) is 48.5 Å². The molecule has 0 saturated carbocycles. The van der Waals surface area contributed by atoms with Gasteiger partial charge in [-0.25, -0.2) is 4.98 Å². The molecule has 1 atom stereocenters. The van der Waals surface area contributed by atoms with Crippen LogP contribution in [-0.2, 0) is 27.3 Å². The molecule has 3 aromatic rings. The number of aryl methyl sites for hydroxylation is 1. The monoisotopic (exact) mass is 419 g/mol. The van der Waals surface area contributed by atoms with Gasteiger partial charge in [-0.1, -0.05) is 37.6 Å². The standard InChI is InChI=1S/C25H29N3O3/c1-3-5-8-18-11-13-20(14-12-18)27-16-19(15-23(27)29)25-26-21-9-6-7-10-22(21)28(25)17-24(30)31-4-2/h6-7,9-14,19H,3-5,8,15-17H2,1-2H3/t19-/m1/s1. The van der Waals surface area contributed by atoms with Crippen LogP contribution in [0.5, 0.6) is 0 Å². The molecule has 4 rings (SSSR count). The number of aromatic nitrogens is 2. The average Bonchev–Trinajstić information content (AvgIpc) is 3.33. The number of carbonyl (C=O) groups is 2. The molecule has 1 fully saturated rings. The maximum atomic E-state index is 12.9. The van der Waals surface area contributed by atoms with Crippen LogP contribution in [0.2, 0.25) is 0 Å². The second-order valence-electron chi connectivity index (χ2n) is 8.03. The highest BCUT2D eigenvalue weighted by molar-refractivity contribution is 5.96. The van der Waals surface area contributed by atoms with Crippen LogP contribution >= 0.6 is 0 Å². The van der Waals surface area contributed by atoms with E-state index in [1.54, 1.807) is 6.92 Å². The number of benzene rings is 2. The number of fused-ring (bicyclic) bond motifs is 1. The highest BCUT2D eigenvalue weighted by Crippen LogP contribution is 2.33. The normalized spacial score (nSPS) is 16.3. The fraction of sp³-hybridized carbons (Fsp3) is 0.400. The van der Waals surface area contributed by atoms with Gasteiger partial charge < -0.3 is 14.2 Å². The predicted molar refractivity (Wildman–Crippen MR) is 121 cm³/mol. The Morgan fingerprint density at radius 2 is 1.90 bits per heavy atom. The number of hydrogen-bond donors (Lipinski definition) is 0. The number of imidazole rings is 1. The van der Waals surface area contributed by atoms with Gasteiger partial charge in [-0.3, -0.25) is 9.59 Å². The minimum Gasteiger partial charge on any atom is -0.465 e. The summed E-state index contributed by atoms with van der Waals surface area (Å²) in [5, 5.41) is 0. The number of nitrogens with zero attached hydrogens (tertiary/aromatic N) is 3. The van der Waals surface area contributed by atoms with Crippen LogP contribution in [0.4, 0.5) is 5.69 Å². The number of carbonyl (C=O) groups excluding carboxylic acids is 2. The Labute approximate surface area is 182 Å². The number of hydrogen-bond acceptors (Lipinski definition) is 4. The number of ether oxygens (including phenoxy) is 1. The van der Waals surface area contributed by atoms with Gasteiger partial charge in [0.05, 0.1) is 17.6 Å². The maximum Gasteiger partial charge on any atom is 0.326 e. The fourth-order valence-corrected chi connectivity index (χ4v) is 4.26. The van der Waals surface area contributed by atoms with Crippen molar-refractivity contribution in [3.8, 4) is 0 Å². The highest BCUT2D eigenvalue weighted by atomic mass is 16.5. The molecule has 31 heavy (non-hydrogen) atoms. The quantitative estimate of drug-likeness (QED) is 0.506. The second kappa shape index (κ2) is 9.33. The second-order valence-corrected chi connectivity index (χ2v) is 8.03. The van der Waals surface area contributed by atoms with Crippen LogP contribution in [0.1, 0.15) is 50.4 Å². The Morgan fingerprint density at radius 1 is 1.13 bits per heavy atom. The summed E-state index contributed by atoms with van der Waals surface area (Å²) >= 11 is 0. The zero-order chi connectivity index (χ0) is 21.8. The number of unbranched alkanes of at least 4 members (excludes halogenated alkanes) is 1. The molecule has 6 nitrogen and oxygen atoms in total. The first kappa shape index (κ1) is 21.1. The van der Waals surface area contributed by atoms with Crippen LogP contribution in [0.3, 0.4) is 0 Å². The smallest absolute Gasteiger partial charge is 0.326 e. The van der Waals surface area contributed by atoms with Crippen molar-refractivity contribution < 1.29 is 14.3 Å². The lowest BCUT2D eigenvalue weighted by atomic mass is 10.1. The molecule has 1 amide bonds. The van der Waals surface area contributed by atoms with E-state index in [9.17, 15) is 9.59 Å². The molecule has 1 aliphatic rings. The molecular weight excluding hydrogens is 390 g/mol. The topological polar surface area (TPSA) is 64.4 Å². The van der Waals surface area contributed by atoms with Gasteiger partial charge in [0, 0.05) is 24.6 Å².